The van der Waals surface area contributed by atoms with Crippen LogP contribution in [0.5, 0.6) is 5.75 Å². The summed E-state index contributed by atoms with van der Waals surface area (Å²) in [6.07, 6.45) is 1.70. The molecule has 0 bridgehead atoms. The number of aryl methyl sites for hydroxylation is 2. The van der Waals surface area contributed by atoms with Crippen molar-refractivity contribution in [3.8, 4) is 5.75 Å². The number of hydrogen-bond acceptors (Lipinski definition) is 4. The fraction of sp³-hybridized carbons (Fsp3) is 0.667. The molecule has 0 aromatic heterocycles. The predicted molar refractivity (Wildman–Crippen MR) is 88.4 cm³/mol. The predicted octanol–water partition coefficient (Wildman–Crippen LogP) is 2.45. The van der Waals surface area contributed by atoms with E-state index in [0.29, 0.717) is 25.1 Å². The van der Waals surface area contributed by atoms with E-state index in [1.807, 2.05) is 26.0 Å². The maximum Gasteiger partial charge on any atom is 0.119 e. The number of hydrogen-bond donors (Lipinski definition) is 2. The molecule has 1 heterocycles. The Bertz CT molecular complexity index is 437. The summed E-state index contributed by atoms with van der Waals surface area (Å²) in [4.78, 5) is 0. The Kier molecular flexibility index (Phi) is 6.68. The van der Waals surface area contributed by atoms with Crippen molar-refractivity contribution in [1.29, 1.82) is 0 Å². The van der Waals surface area contributed by atoms with Crippen molar-refractivity contribution in [3.05, 3.63) is 29.3 Å². The molecule has 1 aliphatic rings. The summed E-state index contributed by atoms with van der Waals surface area (Å²) in [5.74, 6) is 1.47. The Balaban J connectivity index is 1.69. The third kappa shape index (κ3) is 5.59. The first-order chi connectivity index (χ1) is 10.5. The van der Waals surface area contributed by atoms with Gasteiger partial charge in [0.15, 0.2) is 0 Å². The van der Waals surface area contributed by atoms with Crippen molar-refractivity contribution in [2.45, 2.75) is 45.8 Å². The normalized spacial score (nSPS) is 18.9. The minimum atomic E-state index is -0.497. The van der Waals surface area contributed by atoms with E-state index in [-0.39, 0.29) is 0 Å². The first-order valence-electron chi connectivity index (χ1n) is 8.25. The SMILES string of the molecule is Cc1cc(C)cc(OCC(O)CNC(C)C2CCOCC2)c1. The lowest BCUT2D eigenvalue weighted by Crippen LogP contribution is -2.41. The van der Waals surface area contributed by atoms with Crippen LogP contribution in [-0.4, -0.2) is 43.6 Å². The molecule has 2 atom stereocenters. The van der Waals surface area contributed by atoms with Gasteiger partial charge in [-0.2, -0.15) is 0 Å². The number of aliphatic hydroxyl groups excluding tert-OH is 1. The maximum atomic E-state index is 10.1. The summed E-state index contributed by atoms with van der Waals surface area (Å²) in [5, 5.41) is 13.5. The van der Waals surface area contributed by atoms with Crippen molar-refractivity contribution in [1.82, 2.24) is 5.32 Å². The second kappa shape index (κ2) is 8.51. The van der Waals surface area contributed by atoms with E-state index < -0.39 is 6.10 Å². The van der Waals surface area contributed by atoms with Crippen LogP contribution in [0.3, 0.4) is 0 Å². The van der Waals surface area contributed by atoms with Crippen LogP contribution in [0.25, 0.3) is 0 Å². The van der Waals surface area contributed by atoms with Crippen LogP contribution in [0.2, 0.25) is 0 Å². The van der Waals surface area contributed by atoms with Gasteiger partial charge in [-0.3, -0.25) is 0 Å². The molecule has 4 nitrogen and oxygen atoms in total. The maximum absolute atomic E-state index is 10.1. The lowest BCUT2D eigenvalue weighted by atomic mass is 9.93. The highest BCUT2D eigenvalue weighted by atomic mass is 16.5. The molecule has 1 fully saturated rings. The van der Waals surface area contributed by atoms with E-state index in [1.54, 1.807) is 0 Å². The molecule has 0 amide bonds. The number of nitrogens with one attached hydrogen (secondary N) is 1. The highest BCUT2D eigenvalue weighted by Gasteiger charge is 2.20. The van der Waals surface area contributed by atoms with Crippen molar-refractivity contribution < 1.29 is 14.6 Å². The minimum absolute atomic E-state index is 0.316. The Hall–Kier alpha value is -1.10. The monoisotopic (exact) mass is 307 g/mol. The molecule has 1 saturated heterocycles. The van der Waals surface area contributed by atoms with Crippen LogP contribution < -0.4 is 10.1 Å². The number of benzene rings is 1. The average Bonchev–Trinajstić information content (AvgIpc) is 2.50. The van der Waals surface area contributed by atoms with E-state index in [9.17, 15) is 5.11 Å². The third-order valence-electron chi connectivity index (χ3n) is 4.29. The Labute approximate surface area is 133 Å². The van der Waals surface area contributed by atoms with Gasteiger partial charge in [0, 0.05) is 25.8 Å². The molecule has 2 rings (SSSR count). The summed E-state index contributed by atoms with van der Waals surface area (Å²) < 4.78 is 11.1. The molecule has 4 heteroatoms. The molecule has 2 N–H and O–H groups in total. The smallest absolute Gasteiger partial charge is 0.119 e. The van der Waals surface area contributed by atoms with Gasteiger partial charge in [-0.15, -0.1) is 0 Å². The quantitative estimate of drug-likeness (QED) is 0.812. The topological polar surface area (TPSA) is 50.7 Å². The summed E-state index contributed by atoms with van der Waals surface area (Å²) in [6.45, 7) is 8.87. The average molecular weight is 307 g/mol. The lowest BCUT2D eigenvalue weighted by molar-refractivity contribution is 0.0512. The van der Waals surface area contributed by atoms with Gasteiger partial charge >= 0.3 is 0 Å². The van der Waals surface area contributed by atoms with Crippen LogP contribution in [0.15, 0.2) is 18.2 Å². The van der Waals surface area contributed by atoms with Gasteiger partial charge in [0.2, 0.25) is 0 Å². The lowest BCUT2D eigenvalue weighted by Gasteiger charge is -2.29. The van der Waals surface area contributed by atoms with E-state index in [0.717, 1.165) is 31.8 Å². The summed E-state index contributed by atoms with van der Waals surface area (Å²) >= 11 is 0. The molecule has 0 spiro atoms. The van der Waals surface area contributed by atoms with Crippen molar-refractivity contribution in [3.63, 3.8) is 0 Å². The van der Waals surface area contributed by atoms with Gasteiger partial charge in [-0.05, 0) is 62.8 Å². The second-order valence-electron chi connectivity index (χ2n) is 6.43. The fourth-order valence-corrected chi connectivity index (χ4v) is 2.97. The van der Waals surface area contributed by atoms with Gasteiger partial charge in [-0.25, -0.2) is 0 Å². The van der Waals surface area contributed by atoms with E-state index >= 15 is 0 Å². The molecule has 124 valence electrons. The van der Waals surface area contributed by atoms with Gasteiger partial charge < -0.3 is 19.9 Å². The van der Waals surface area contributed by atoms with Crippen molar-refractivity contribution in [2.24, 2.45) is 5.92 Å². The summed E-state index contributed by atoms with van der Waals surface area (Å²) in [6, 6.07) is 6.51. The highest BCUT2D eigenvalue weighted by molar-refractivity contribution is 5.32. The van der Waals surface area contributed by atoms with Crippen LogP contribution in [0, 0.1) is 19.8 Å². The molecule has 1 aliphatic heterocycles. The molecule has 0 saturated carbocycles. The Morgan fingerprint density at radius 1 is 1.23 bits per heavy atom. The summed E-state index contributed by atoms with van der Waals surface area (Å²) in [7, 11) is 0. The van der Waals surface area contributed by atoms with Gasteiger partial charge in [0.05, 0.1) is 0 Å². The van der Waals surface area contributed by atoms with Gasteiger partial charge in [-0.1, -0.05) is 6.07 Å². The van der Waals surface area contributed by atoms with Crippen molar-refractivity contribution >= 4 is 0 Å². The minimum Gasteiger partial charge on any atom is -0.491 e. The molecule has 0 radical (unpaired) electrons. The van der Waals surface area contributed by atoms with Crippen LogP contribution in [0.4, 0.5) is 0 Å². The zero-order chi connectivity index (χ0) is 15.9. The molecule has 0 aliphatic carbocycles. The molecular formula is C18H29NO3. The van der Waals surface area contributed by atoms with Gasteiger partial charge in [0.25, 0.3) is 0 Å². The Morgan fingerprint density at radius 3 is 2.50 bits per heavy atom. The fourth-order valence-electron chi connectivity index (χ4n) is 2.97. The zero-order valence-corrected chi connectivity index (χ0v) is 14.0. The zero-order valence-electron chi connectivity index (χ0n) is 14.0. The second-order valence-corrected chi connectivity index (χ2v) is 6.43. The standard InChI is InChI=1S/C18H29NO3/c1-13-8-14(2)10-18(9-13)22-12-17(20)11-19-15(3)16-4-6-21-7-5-16/h8-10,15-17,19-20H,4-7,11-12H2,1-3H3. The largest absolute Gasteiger partial charge is 0.491 e. The first kappa shape index (κ1) is 17.3. The first-order valence-corrected chi connectivity index (χ1v) is 8.25. The Morgan fingerprint density at radius 2 is 1.86 bits per heavy atom. The van der Waals surface area contributed by atoms with E-state index in [2.05, 4.69) is 18.3 Å². The molecule has 1 aromatic rings. The highest BCUT2D eigenvalue weighted by Crippen LogP contribution is 2.19. The number of aliphatic hydroxyl groups is 1. The third-order valence-corrected chi connectivity index (χ3v) is 4.29. The number of rotatable bonds is 7. The number of ether oxygens (including phenoxy) is 2. The molecule has 2 unspecified atom stereocenters. The summed E-state index contributed by atoms with van der Waals surface area (Å²) in [5.41, 5.74) is 2.35. The van der Waals surface area contributed by atoms with Crippen molar-refractivity contribution in [2.75, 3.05) is 26.4 Å². The molecular weight excluding hydrogens is 278 g/mol. The van der Waals surface area contributed by atoms with Crippen LogP contribution in [0.1, 0.15) is 30.9 Å². The van der Waals surface area contributed by atoms with E-state index in [1.165, 1.54) is 11.1 Å². The van der Waals surface area contributed by atoms with Crippen LogP contribution >= 0.6 is 0 Å². The van der Waals surface area contributed by atoms with Crippen LogP contribution in [-0.2, 0) is 4.74 Å². The molecule has 22 heavy (non-hydrogen) atoms. The van der Waals surface area contributed by atoms with E-state index in [4.69, 9.17) is 9.47 Å². The van der Waals surface area contributed by atoms with Gasteiger partial charge in [0.1, 0.15) is 18.5 Å². The molecule has 1 aromatic carbocycles.